The largest absolute Gasteiger partial charge is 0.332 e. The normalized spacial score (nSPS) is 17.0. The second-order valence-corrected chi connectivity index (χ2v) is 3.26. The summed E-state index contributed by atoms with van der Waals surface area (Å²) in [5, 5.41) is 0. The van der Waals surface area contributed by atoms with Crippen LogP contribution >= 0.6 is 0 Å². The number of hydrogen-bond donors (Lipinski definition) is 0. The van der Waals surface area contributed by atoms with Crippen LogP contribution in [0.2, 0.25) is 0 Å². The van der Waals surface area contributed by atoms with E-state index in [1.807, 2.05) is 6.20 Å². The van der Waals surface area contributed by atoms with Crippen molar-refractivity contribution in [1.82, 2.24) is 14.5 Å². The Kier molecular flexibility index (Phi) is 2.14. The van der Waals surface area contributed by atoms with E-state index < -0.39 is 0 Å². The van der Waals surface area contributed by atoms with E-state index in [4.69, 9.17) is 0 Å². The van der Waals surface area contributed by atoms with Gasteiger partial charge in [0.2, 0.25) is 0 Å². The predicted molar refractivity (Wildman–Crippen MR) is 48.6 cm³/mol. The number of imidazole rings is 1. The van der Waals surface area contributed by atoms with E-state index >= 15 is 0 Å². The molecule has 0 fully saturated rings. The molecule has 0 amide bonds. The lowest BCUT2D eigenvalue weighted by molar-refractivity contribution is 0.111. The standard InChI is InChI=1S/C9H13N3O/c1-2-11-3-4-12-5-8(7-13)10-9(12)6-11/h5,7H,2-4,6H2,1H3. The molecule has 0 aliphatic carbocycles. The fourth-order valence-corrected chi connectivity index (χ4v) is 1.65. The first-order chi connectivity index (χ1) is 6.33. The van der Waals surface area contributed by atoms with Crippen LogP contribution in [-0.4, -0.2) is 33.8 Å². The third-order valence-corrected chi connectivity index (χ3v) is 2.47. The highest BCUT2D eigenvalue weighted by molar-refractivity contribution is 5.71. The van der Waals surface area contributed by atoms with Crippen LogP contribution in [0.5, 0.6) is 0 Å². The van der Waals surface area contributed by atoms with Gasteiger partial charge in [-0.1, -0.05) is 6.92 Å². The number of carbonyl (C=O) groups is 1. The summed E-state index contributed by atoms with van der Waals surface area (Å²) in [5.74, 6) is 1.01. The minimum atomic E-state index is 0.549. The molecule has 4 heteroatoms. The van der Waals surface area contributed by atoms with E-state index in [2.05, 4.69) is 21.4 Å². The molecule has 0 radical (unpaired) electrons. The maximum absolute atomic E-state index is 10.5. The van der Waals surface area contributed by atoms with Gasteiger partial charge in [0.05, 0.1) is 6.54 Å². The Morgan fingerprint density at radius 1 is 1.62 bits per heavy atom. The molecule has 0 unspecified atom stereocenters. The molecule has 70 valence electrons. The Labute approximate surface area is 77.2 Å². The highest BCUT2D eigenvalue weighted by atomic mass is 16.1. The molecular weight excluding hydrogens is 166 g/mol. The summed E-state index contributed by atoms with van der Waals surface area (Å²) in [4.78, 5) is 17.0. The van der Waals surface area contributed by atoms with Crippen LogP contribution in [0.1, 0.15) is 23.2 Å². The van der Waals surface area contributed by atoms with E-state index in [-0.39, 0.29) is 0 Å². The highest BCUT2D eigenvalue weighted by Gasteiger charge is 2.16. The molecule has 1 aliphatic heterocycles. The van der Waals surface area contributed by atoms with Gasteiger partial charge in [-0.25, -0.2) is 4.98 Å². The number of carbonyl (C=O) groups excluding carboxylic acids is 1. The van der Waals surface area contributed by atoms with Crippen LogP contribution in [-0.2, 0) is 13.1 Å². The lowest BCUT2D eigenvalue weighted by Gasteiger charge is -2.25. The Bertz CT molecular complexity index is 319. The molecule has 13 heavy (non-hydrogen) atoms. The fourth-order valence-electron chi connectivity index (χ4n) is 1.65. The molecule has 0 saturated heterocycles. The van der Waals surface area contributed by atoms with Crippen LogP contribution < -0.4 is 0 Å². The molecule has 2 rings (SSSR count). The molecule has 0 aromatic carbocycles. The summed E-state index contributed by atoms with van der Waals surface area (Å²) in [6.07, 6.45) is 2.64. The molecule has 1 aliphatic rings. The molecule has 0 spiro atoms. The van der Waals surface area contributed by atoms with E-state index in [1.54, 1.807) is 0 Å². The summed E-state index contributed by atoms with van der Waals surface area (Å²) in [6.45, 7) is 6.05. The zero-order valence-corrected chi connectivity index (χ0v) is 7.73. The number of hydrogen-bond acceptors (Lipinski definition) is 3. The summed E-state index contributed by atoms with van der Waals surface area (Å²) in [7, 11) is 0. The molecule has 0 saturated carbocycles. The van der Waals surface area contributed by atoms with Crippen LogP contribution in [0.3, 0.4) is 0 Å². The molecule has 2 heterocycles. The van der Waals surface area contributed by atoms with Crippen molar-refractivity contribution in [1.29, 1.82) is 0 Å². The molecule has 1 aromatic rings. The molecule has 1 aromatic heterocycles. The van der Waals surface area contributed by atoms with Crippen molar-refractivity contribution >= 4 is 6.29 Å². The first-order valence-corrected chi connectivity index (χ1v) is 4.57. The third-order valence-electron chi connectivity index (χ3n) is 2.47. The minimum Gasteiger partial charge on any atom is -0.332 e. The second kappa shape index (κ2) is 3.30. The van der Waals surface area contributed by atoms with Crippen LogP contribution in [0, 0.1) is 0 Å². The highest BCUT2D eigenvalue weighted by Crippen LogP contribution is 2.11. The van der Waals surface area contributed by atoms with Gasteiger partial charge in [-0.3, -0.25) is 9.69 Å². The number of nitrogens with zero attached hydrogens (tertiary/aromatic N) is 3. The van der Waals surface area contributed by atoms with Crippen molar-refractivity contribution in [3.8, 4) is 0 Å². The Balaban J connectivity index is 2.24. The van der Waals surface area contributed by atoms with E-state index in [9.17, 15) is 4.79 Å². The van der Waals surface area contributed by atoms with Crippen LogP contribution in [0.15, 0.2) is 6.20 Å². The van der Waals surface area contributed by atoms with Gasteiger partial charge in [0.1, 0.15) is 11.5 Å². The zero-order valence-electron chi connectivity index (χ0n) is 7.73. The predicted octanol–water partition coefficient (Wildman–Crippen LogP) is 0.531. The van der Waals surface area contributed by atoms with Crippen LogP contribution in [0.4, 0.5) is 0 Å². The first kappa shape index (κ1) is 8.44. The lowest BCUT2D eigenvalue weighted by Crippen LogP contribution is -2.33. The Hall–Kier alpha value is -1.16. The summed E-state index contributed by atoms with van der Waals surface area (Å²) >= 11 is 0. The fraction of sp³-hybridized carbons (Fsp3) is 0.556. The maximum atomic E-state index is 10.5. The number of aldehydes is 1. The molecule has 0 atom stereocenters. The Morgan fingerprint density at radius 2 is 2.46 bits per heavy atom. The second-order valence-electron chi connectivity index (χ2n) is 3.26. The van der Waals surface area contributed by atoms with Crippen molar-refractivity contribution in [3.05, 3.63) is 17.7 Å². The van der Waals surface area contributed by atoms with Gasteiger partial charge in [0, 0.05) is 19.3 Å². The van der Waals surface area contributed by atoms with Crippen LogP contribution in [0.25, 0.3) is 0 Å². The first-order valence-electron chi connectivity index (χ1n) is 4.57. The lowest BCUT2D eigenvalue weighted by atomic mass is 10.3. The van der Waals surface area contributed by atoms with Crippen molar-refractivity contribution in [2.45, 2.75) is 20.0 Å². The molecule has 0 bridgehead atoms. The van der Waals surface area contributed by atoms with Gasteiger partial charge in [0.25, 0.3) is 0 Å². The van der Waals surface area contributed by atoms with Gasteiger partial charge in [0.15, 0.2) is 6.29 Å². The van der Waals surface area contributed by atoms with E-state index in [1.165, 1.54) is 0 Å². The molecule has 0 N–H and O–H groups in total. The molecule has 4 nitrogen and oxygen atoms in total. The average molecular weight is 179 g/mol. The zero-order chi connectivity index (χ0) is 9.26. The van der Waals surface area contributed by atoms with Crippen molar-refractivity contribution in [2.24, 2.45) is 0 Å². The van der Waals surface area contributed by atoms with E-state index in [0.29, 0.717) is 5.69 Å². The third kappa shape index (κ3) is 1.49. The Morgan fingerprint density at radius 3 is 3.15 bits per heavy atom. The van der Waals surface area contributed by atoms with Gasteiger partial charge >= 0.3 is 0 Å². The van der Waals surface area contributed by atoms with Crippen molar-refractivity contribution in [3.63, 3.8) is 0 Å². The minimum absolute atomic E-state index is 0.549. The number of likely N-dealkylation sites (N-methyl/N-ethyl adjacent to an activating group) is 1. The maximum Gasteiger partial charge on any atom is 0.170 e. The summed E-state index contributed by atoms with van der Waals surface area (Å²) in [5.41, 5.74) is 0.549. The van der Waals surface area contributed by atoms with Crippen molar-refractivity contribution < 1.29 is 4.79 Å². The van der Waals surface area contributed by atoms with Crippen molar-refractivity contribution in [2.75, 3.05) is 13.1 Å². The SMILES string of the molecule is CCN1CCn2cc(C=O)nc2C1. The number of fused-ring (bicyclic) bond motifs is 1. The number of rotatable bonds is 2. The van der Waals surface area contributed by atoms with E-state index in [0.717, 1.165) is 38.3 Å². The van der Waals surface area contributed by atoms with Gasteiger partial charge in [-0.2, -0.15) is 0 Å². The molecular formula is C9H13N3O. The topological polar surface area (TPSA) is 38.1 Å². The monoisotopic (exact) mass is 179 g/mol. The average Bonchev–Trinajstić information content (AvgIpc) is 2.58. The summed E-state index contributed by atoms with van der Waals surface area (Å²) in [6, 6.07) is 0. The quantitative estimate of drug-likeness (QED) is 0.622. The van der Waals surface area contributed by atoms with Gasteiger partial charge < -0.3 is 4.57 Å². The smallest absolute Gasteiger partial charge is 0.170 e. The van der Waals surface area contributed by atoms with Gasteiger partial charge in [-0.05, 0) is 6.54 Å². The summed E-state index contributed by atoms with van der Waals surface area (Å²) < 4.78 is 2.07. The number of aromatic nitrogens is 2. The van der Waals surface area contributed by atoms with Gasteiger partial charge in [-0.15, -0.1) is 0 Å².